The molecule has 1 aliphatic rings. The number of fused-ring (bicyclic) bond motifs is 7. The maximum absolute atomic E-state index is 2.35. The Morgan fingerprint density at radius 2 is 1.20 bits per heavy atom. The summed E-state index contributed by atoms with van der Waals surface area (Å²) in [5.74, 6) is 2.50. The quantitative estimate of drug-likeness (QED) is 0.427. The highest BCUT2D eigenvalue weighted by Crippen LogP contribution is 2.19. The van der Waals surface area contributed by atoms with E-state index in [1.54, 1.807) is 0 Å². The van der Waals surface area contributed by atoms with Crippen LogP contribution < -0.4 is 9.13 Å². The normalized spacial score (nSPS) is 13.6. The molecule has 0 amide bonds. The second kappa shape index (κ2) is 3.48. The predicted octanol–water partition coefficient (Wildman–Crippen LogP) is 1.45. The lowest BCUT2D eigenvalue weighted by Crippen LogP contribution is -2.51. The number of imidazole rings is 2. The molecule has 20 heavy (non-hydrogen) atoms. The molecule has 5 rings (SSSR count). The van der Waals surface area contributed by atoms with Gasteiger partial charge in [0, 0.05) is 0 Å². The first kappa shape index (κ1) is 10.2. The van der Waals surface area contributed by atoms with E-state index in [1.807, 2.05) is 0 Å². The van der Waals surface area contributed by atoms with Gasteiger partial charge in [-0.2, -0.15) is 8.80 Å². The van der Waals surface area contributed by atoms with Crippen molar-refractivity contribution >= 4 is 11.0 Å². The molecular weight excluding hydrogens is 248 g/mol. The van der Waals surface area contributed by atoms with Crippen molar-refractivity contribution in [3.63, 3.8) is 0 Å². The first-order chi connectivity index (χ1) is 9.92. The van der Waals surface area contributed by atoms with Crippen LogP contribution >= 0.6 is 0 Å². The van der Waals surface area contributed by atoms with Crippen molar-refractivity contribution in [2.45, 2.75) is 13.1 Å². The fourth-order valence-electron chi connectivity index (χ4n) is 3.26. The molecule has 0 bridgehead atoms. The first-order valence-corrected chi connectivity index (χ1v) is 6.91. The van der Waals surface area contributed by atoms with Crippen LogP contribution in [0.4, 0.5) is 0 Å². The number of hydrogen-bond acceptors (Lipinski definition) is 0. The van der Waals surface area contributed by atoms with Gasteiger partial charge in [0.2, 0.25) is 0 Å². The largest absolute Gasteiger partial charge is 0.379 e. The van der Waals surface area contributed by atoms with Crippen LogP contribution in [0, 0.1) is 0 Å². The van der Waals surface area contributed by atoms with Gasteiger partial charge < -0.3 is 0 Å². The van der Waals surface area contributed by atoms with Gasteiger partial charge in [0.1, 0.15) is 25.5 Å². The lowest BCUT2D eigenvalue weighted by atomic mass is 10.4. The first-order valence-electron chi connectivity index (χ1n) is 6.91. The Kier molecular flexibility index (Phi) is 1.77. The number of pyridine rings is 2. The minimum atomic E-state index is 1.02. The molecule has 96 valence electrons. The summed E-state index contributed by atoms with van der Waals surface area (Å²) in [6, 6.07) is 12.7. The van der Waals surface area contributed by atoms with Gasteiger partial charge in [-0.25, -0.2) is 9.13 Å². The predicted molar refractivity (Wildman–Crippen MR) is 74.2 cm³/mol. The zero-order chi connectivity index (χ0) is 13.1. The Morgan fingerprint density at radius 1 is 0.700 bits per heavy atom. The molecule has 0 aromatic carbocycles. The van der Waals surface area contributed by atoms with Crippen LogP contribution in [-0.4, -0.2) is 8.80 Å². The van der Waals surface area contributed by atoms with E-state index in [-0.39, 0.29) is 0 Å². The van der Waals surface area contributed by atoms with Crippen LogP contribution in [0.15, 0.2) is 61.2 Å². The lowest BCUT2D eigenvalue weighted by Gasteiger charge is -2.05. The molecule has 4 nitrogen and oxygen atoms in total. The molecule has 4 heteroatoms. The lowest BCUT2D eigenvalue weighted by molar-refractivity contribution is -0.793. The number of aromatic nitrogens is 4. The van der Waals surface area contributed by atoms with Gasteiger partial charge in [-0.3, -0.25) is 0 Å². The van der Waals surface area contributed by atoms with Gasteiger partial charge >= 0.3 is 11.6 Å². The van der Waals surface area contributed by atoms with Crippen molar-refractivity contribution in [2.75, 3.05) is 0 Å². The summed E-state index contributed by atoms with van der Waals surface area (Å²) in [5, 5.41) is 0. The second-order valence-corrected chi connectivity index (χ2v) is 5.28. The summed E-state index contributed by atoms with van der Waals surface area (Å²) < 4.78 is 9.24. The van der Waals surface area contributed by atoms with Crippen LogP contribution in [0.1, 0.15) is 0 Å². The van der Waals surface area contributed by atoms with E-state index in [0.717, 1.165) is 13.1 Å². The summed E-state index contributed by atoms with van der Waals surface area (Å²) in [7, 11) is 0. The van der Waals surface area contributed by atoms with Gasteiger partial charge in [0.25, 0.3) is 0 Å². The van der Waals surface area contributed by atoms with Crippen molar-refractivity contribution in [3.8, 4) is 11.6 Å². The smallest absolute Gasteiger partial charge is 0.218 e. The molecule has 0 N–H and O–H groups in total. The number of rotatable bonds is 0. The SMILES string of the molecule is c1ccn2c3[n+](cc2c1)CC[n+]1cc2ccccn2c1-3. The van der Waals surface area contributed by atoms with Gasteiger partial charge in [0.05, 0.1) is 12.4 Å². The second-order valence-electron chi connectivity index (χ2n) is 5.28. The summed E-state index contributed by atoms with van der Waals surface area (Å²) in [6.45, 7) is 2.04. The Bertz CT molecular complexity index is 881. The topological polar surface area (TPSA) is 16.6 Å². The highest BCUT2D eigenvalue weighted by atomic mass is 15.3. The highest BCUT2D eigenvalue weighted by Gasteiger charge is 2.36. The van der Waals surface area contributed by atoms with E-state index >= 15 is 0 Å². The molecule has 0 radical (unpaired) electrons. The fraction of sp³-hybridized carbons (Fsp3) is 0.125. The summed E-state index contributed by atoms with van der Waals surface area (Å²) in [6.07, 6.45) is 8.75. The average Bonchev–Trinajstić information content (AvgIpc) is 3.04. The van der Waals surface area contributed by atoms with Crippen LogP contribution in [-0.2, 0) is 13.1 Å². The van der Waals surface area contributed by atoms with E-state index in [0.29, 0.717) is 0 Å². The van der Waals surface area contributed by atoms with Crippen LogP contribution in [0.3, 0.4) is 0 Å². The standard InChI is InChI=1S/C16H14N4/c1-3-7-19-13(5-1)11-17-9-10-18-12-14-6-2-4-8-20(14)16(18)15(17)19/h1-8,11-12H,9-10H2/q+2. The third-order valence-electron chi connectivity index (χ3n) is 4.14. The number of aryl methyl sites for hydroxylation is 2. The van der Waals surface area contributed by atoms with Gasteiger partial charge in [0.15, 0.2) is 11.0 Å². The molecule has 1 aliphatic heterocycles. The molecule has 4 aromatic rings. The van der Waals surface area contributed by atoms with Crippen molar-refractivity contribution in [2.24, 2.45) is 0 Å². The molecule has 0 atom stereocenters. The van der Waals surface area contributed by atoms with Crippen molar-refractivity contribution in [1.29, 1.82) is 0 Å². The van der Waals surface area contributed by atoms with Crippen molar-refractivity contribution in [1.82, 2.24) is 8.80 Å². The highest BCUT2D eigenvalue weighted by molar-refractivity contribution is 5.56. The molecular formula is C16H14N4+2. The molecule has 0 spiro atoms. The third kappa shape index (κ3) is 1.16. The molecule has 0 fully saturated rings. The summed E-state index contributed by atoms with van der Waals surface area (Å²) in [5.41, 5.74) is 2.48. The van der Waals surface area contributed by atoms with E-state index in [4.69, 9.17) is 0 Å². The van der Waals surface area contributed by atoms with Crippen LogP contribution in [0.25, 0.3) is 22.7 Å². The fourth-order valence-corrected chi connectivity index (χ4v) is 3.26. The molecule has 0 saturated heterocycles. The van der Waals surface area contributed by atoms with E-state index in [2.05, 4.69) is 79.1 Å². The Balaban J connectivity index is 1.98. The number of nitrogens with zero attached hydrogens (tertiary/aromatic N) is 4. The average molecular weight is 262 g/mol. The van der Waals surface area contributed by atoms with Crippen molar-refractivity contribution < 1.29 is 9.13 Å². The Labute approximate surface area is 115 Å². The van der Waals surface area contributed by atoms with Crippen LogP contribution in [0.5, 0.6) is 0 Å². The monoisotopic (exact) mass is 262 g/mol. The molecule has 0 aliphatic carbocycles. The maximum atomic E-state index is 2.35. The van der Waals surface area contributed by atoms with Gasteiger partial charge in [-0.15, -0.1) is 0 Å². The number of hydrogen-bond donors (Lipinski definition) is 0. The van der Waals surface area contributed by atoms with Crippen molar-refractivity contribution in [3.05, 3.63) is 61.2 Å². The van der Waals surface area contributed by atoms with E-state index < -0.39 is 0 Å². The molecule has 0 unspecified atom stereocenters. The summed E-state index contributed by atoms with van der Waals surface area (Å²) >= 11 is 0. The maximum Gasteiger partial charge on any atom is 0.379 e. The van der Waals surface area contributed by atoms with Gasteiger partial charge in [-0.1, -0.05) is 12.1 Å². The van der Waals surface area contributed by atoms with E-state index in [9.17, 15) is 0 Å². The minimum Gasteiger partial charge on any atom is -0.218 e. The van der Waals surface area contributed by atoms with Crippen LogP contribution in [0.2, 0.25) is 0 Å². The Hall–Kier alpha value is -2.62. The van der Waals surface area contributed by atoms with Gasteiger partial charge in [-0.05, 0) is 24.3 Å². The minimum absolute atomic E-state index is 1.02. The molecule has 4 aromatic heterocycles. The third-order valence-corrected chi connectivity index (χ3v) is 4.14. The zero-order valence-electron chi connectivity index (χ0n) is 11.0. The summed E-state index contributed by atoms with van der Waals surface area (Å²) in [4.78, 5) is 0. The molecule has 0 saturated carbocycles. The molecule has 5 heterocycles. The zero-order valence-corrected chi connectivity index (χ0v) is 11.0. The van der Waals surface area contributed by atoms with E-state index in [1.165, 1.54) is 22.7 Å². The Morgan fingerprint density at radius 3 is 1.70 bits per heavy atom.